The quantitative estimate of drug-likeness (QED) is 0.613. The van der Waals surface area contributed by atoms with Gasteiger partial charge in [0.1, 0.15) is 0 Å². The average Bonchev–Trinajstić information content (AvgIpc) is 2.36. The zero-order valence-corrected chi connectivity index (χ0v) is 12.5. The fourth-order valence-corrected chi connectivity index (χ4v) is 2.75. The van der Waals surface area contributed by atoms with Crippen molar-refractivity contribution < 1.29 is 9.53 Å². The first-order valence-corrected chi connectivity index (χ1v) is 7.64. The van der Waals surface area contributed by atoms with Crippen molar-refractivity contribution in [3.8, 4) is 0 Å². The number of carbonyl (C=O) groups is 1. The summed E-state index contributed by atoms with van der Waals surface area (Å²) in [5, 5.41) is 3.52. The van der Waals surface area contributed by atoms with E-state index in [-0.39, 0.29) is 5.97 Å². The van der Waals surface area contributed by atoms with Gasteiger partial charge in [0.25, 0.3) is 0 Å². The van der Waals surface area contributed by atoms with E-state index in [1.807, 2.05) is 6.92 Å². The fourth-order valence-electron chi connectivity index (χ4n) is 2.75. The number of carbonyl (C=O) groups excluding carboxylic acids is 1. The van der Waals surface area contributed by atoms with Crippen molar-refractivity contribution in [1.82, 2.24) is 5.32 Å². The molecule has 0 bridgehead atoms. The molecule has 3 heteroatoms. The highest BCUT2D eigenvalue weighted by Gasteiger charge is 2.29. The second kappa shape index (κ2) is 7.44. The minimum atomic E-state index is -0.0828. The highest BCUT2D eigenvalue weighted by atomic mass is 16.5. The highest BCUT2D eigenvalue weighted by Crippen LogP contribution is 2.36. The number of hydrogen-bond donors (Lipinski definition) is 1. The molecule has 0 aromatic heterocycles. The standard InChI is InChI=1S/C17H25NO2/c1-3-20-17(19)8-5-9-18-16-11-15(12-16)14-7-4-6-13(2)10-14/h4,6-7,10,15-16,18H,3,5,8-9,11-12H2,1-2H3. The molecule has 0 saturated heterocycles. The minimum absolute atomic E-state index is 0.0828. The average molecular weight is 275 g/mol. The first kappa shape index (κ1) is 15.0. The van der Waals surface area contributed by atoms with Crippen molar-refractivity contribution in [2.24, 2.45) is 0 Å². The Balaban J connectivity index is 1.59. The molecule has 1 N–H and O–H groups in total. The van der Waals surface area contributed by atoms with E-state index in [4.69, 9.17) is 4.74 Å². The van der Waals surface area contributed by atoms with Crippen LogP contribution in [0.2, 0.25) is 0 Å². The van der Waals surface area contributed by atoms with E-state index >= 15 is 0 Å². The lowest BCUT2D eigenvalue weighted by atomic mass is 9.75. The van der Waals surface area contributed by atoms with Crippen LogP contribution in [0.25, 0.3) is 0 Å². The van der Waals surface area contributed by atoms with Crippen LogP contribution in [0.1, 0.15) is 49.7 Å². The van der Waals surface area contributed by atoms with E-state index in [2.05, 4.69) is 36.5 Å². The van der Waals surface area contributed by atoms with Gasteiger partial charge in [0.15, 0.2) is 0 Å². The van der Waals surface area contributed by atoms with E-state index in [1.54, 1.807) is 0 Å². The van der Waals surface area contributed by atoms with Gasteiger partial charge < -0.3 is 10.1 Å². The fraction of sp³-hybridized carbons (Fsp3) is 0.588. The van der Waals surface area contributed by atoms with Gasteiger partial charge in [0.05, 0.1) is 6.61 Å². The molecule has 0 atom stereocenters. The summed E-state index contributed by atoms with van der Waals surface area (Å²) in [4.78, 5) is 11.2. The number of rotatable bonds is 7. The van der Waals surface area contributed by atoms with Crippen LogP contribution >= 0.6 is 0 Å². The maximum atomic E-state index is 11.2. The second-order valence-corrected chi connectivity index (χ2v) is 5.64. The molecule has 0 heterocycles. The van der Waals surface area contributed by atoms with Gasteiger partial charge in [-0.1, -0.05) is 29.8 Å². The largest absolute Gasteiger partial charge is 0.466 e. The number of benzene rings is 1. The predicted octanol–water partition coefficient (Wildman–Crippen LogP) is 3.17. The minimum Gasteiger partial charge on any atom is -0.466 e. The Hall–Kier alpha value is -1.35. The molecule has 0 amide bonds. The summed E-state index contributed by atoms with van der Waals surface area (Å²) in [5.41, 5.74) is 2.81. The molecule has 1 aliphatic rings. The molecule has 3 nitrogen and oxygen atoms in total. The monoisotopic (exact) mass is 275 g/mol. The third kappa shape index (κ3) is 4.34. The summed E-state index contributed by atoms with van der Waals surface area (Å²) in [7, 11) is 0. The van der Waals surface area contributed by atoms with Gasteiger partial charge in [-0.3, -0.25) is 4.79 Å². The van der Waals surface area contributed by atoms with E-state index in [0.717, 1.165) is 13.0 Å². The van der Waals surface area contributed by atoms with Crippen molar-refractivity contribution in [3.63, 3.8) is 0 Å². The zero-order valence-electron chi connectivity index (χ0n) is 12.5. The maximum absolute atomic E-state index is 11.2. The van der Waals surface area contributed by atoms with Gasteiger partial charge in [0.2, 0.25) is 0 Å². The lowest BCUT2D eigenvalue weighted by molar-refractivity contribution is -0.143. The first-order chi connectivity index (χ1) is 9.69. The Morgan fingerprint density at radius 2 is 2.20 bits per heavy atom. The summed E-state index contributed by atoms with van der Waals surface area (Å²) >= 11 is 0. The molecule has 2 rings (SSSR count). The van der Waals surface area contributed by atoms with Crippen LogP contribution in [0.15, 0.2) is 24.3 Å². The number of ether oxygens (including phenoxy) is 1. The third-order valence-electron chi connectivity index (χ3n) is 3.95. The molecule has 0 unspecified atom stereocenters. The van der Waals surface area contributed by atoms with E-state index in [1.165, 1.54) is 24.0 Å². The Kier molecular flexibility index (Phi) is 5.60. The van der Waals surface area contributed by atoms with Crippen molar-refractivity contribution in [2.45, 2.75) is 51.5 Å². The molecular formula is C17H25NO2. The van der Waals surface area contributed by atoms with Crippen LogP contribution in [0.5, 0.6) is 0 Å². The summed E-state index contributed by atoms with van der Waals surface area (Å²) in [6.07, 6.45) is 3.81. The number of esters is 1. The van der Waals surface area contributed by atoms with Crippen LogP contribution in [-0.4, -0.2) is 25.2 Å². The second-order valence-electron chi connectivity index (χ2n) is 5.64. The van der Waals surface area contributed by atoms with Crippen LogP contribution in [0, 0.1) is 6.92 Å². The van der Waals surface area contributed by atoms with Crippen LogP contribution in [-0.2, 0) is 9.53 Å². The molecule has 110 valence electrons. The summed E-state index contributed by atoms with van der Waals surface area (Å²) in [5.74, 6) is 0.623. The SMILES string of the molecule is CCOC(=O)CCCNC1CC(c2cccc(C)c2)C1. The number of hydrogen-bond acceptors (Lipinski definition) is 3. The Morgan fingerprint density at radius 1 is 1.40 bits per heavy atom. The van der Waals surface area contributed by atoms with Crippen molar-refractivity contribution in [3.05, 3.63) is 35.4 Å². The number of nitrogens with one attached hydrogen (secondary N) is 1. The molecule has 0 radical (unpaired) electrons. The topological polar surface area (TPSA) is 38.3 Å². The van der Waals surface area contributed by atoms with Crippen molar-refractivity contribution >= 4 is 5.97 Å². The lowest BCUT2D eigenvalue weighted by Gasteiger charge is -2.36. The maximum Gasteiger partial charge on any atom is 0.305 e. The first-order valence-electron chi connectivity index (χ1n) is 7.64. The number of aryl methyl sites for hydroxylation is 1. The molecule has 20 heavy (non-hydrogen) atoms. The van der Waals surface area contributed by atoms with Crippen molar-refractivity contribution in [1.29, 1.82) is 0 Å². The van der Waals surface area contributed by atoms with Gasteiger partial charge in [-0.05, 0) is 51.1 Å². The van der Waals surface area contributed by atoms with Gasteiger partial charge in [-0.2, -0.15) is 0 Å². The molecule has 1 aliphatic carbocycles. The normalized spacial score (nSPS) is 21.3. The van der Waals surface area contributed by atoms with Gasteiger partial charge in [0, 0.05) is 12.5 Å². The van der Waals surface area contributed by atoms with Crippen LogP contribution in [0.4, 0.5) is 0 Å². The Bertz CT molecular complexity index is 438. The molecule has 1 fully saturated rings. The third-order valence-corrected chi connectivity index (χ3v) is 3.95. The van der Waals surface area contributed by atoms with Crippen molar-refractivity contribution in [2.75, 3.05) is 13.2 Å². The van der Waals surface area contributed by atoms with Gasteiger partial charge >= 0.3 is 5.97 Å². The summed E-state index contributed by atoms with van der Waals surface area (Å²) in [6, 6.07) is 9.43. The van der Waals surface area contributed by atoms with Crippen LogP contribution < -0.4 is 5.32 Å². The van der Waals surface area contributed by atoms with Gasteiger partial charge in [-0.15, -0.1) is 0 Å². The molecule has 1 aromatic carbocycles. The Morgan fingerprint density at radius 3 is 2.90 bits per heavy atom. The van der Waals surface area contributed by atoms with E-state index in [0.29, 0.717) is 25.0 Å². The molecular weight excluding hydrogens is 250 g/mol. The summed E-state index contributed by atoms with van der Waals surface area (Å²) < 4.78 is 4.91. The van der Waals surface area contributed by atoms with Gasteiger partial charge in [-0.25, -0.2) is 0 Å². The highest BCUT2D eigenvalue weighted by molar-refractivity contribution is 5.69. The van der Waals surface area contributed by atoms with E-state index < -0.39 is 0 Å². The molecule has 0 aliphatic heterocycles. The van der Waals surface area contributed by atoms with E-state index in [9.17, 15) is 4.79 Å². The lowest BCUT2D eigenvalue weighted by Crippen LogP contribution is -2.40. The Labute approximate surface area is 121 Å². The molecule has 1 aromatic rings. The zero-order chi connectivity index (χ0) is 14.4. The summed E-state index contributed by atoms with van der Waals surface area (Å²) in [6.45, 7) is 5.38. The smallest absolute Gasteiger partial charge is 0.305 e. The van der Waals surface area contributed by atoms with Crippen LogP contribution in [0.3, 0.4) is 0 Å². The predicted molar refractivity (Wildman–Crippen MR) is 80.8 cm³/mol. The molecule has 0 spiro atoms. The molecule has 1 saturated carbocycles.